The number of thiophene rings is 1. The molecule has 7 heteroatoms. The minimum atomic E-state index is -0.461. The van der Waals surface area contributed by atoms with Crippen molar-refractivity contribution in [2.45, 2.75) is 39.5 Å². The maximum absolute atomic E-state index is 12.3. The molecule has 0 bridgehead atoms. The Morgan fingerprint density at radius 3 is 2.91 bits per heavy atom. The van der Waals surface area contributed by atoms with Crippen LogP contribution < -0.4 is 11.1 Å². The van der Waals surface area contributed by atoms with E-state index in [0.29, 0.717) is 16.5 Å². The lowest BCUT2D eigenvalue weighted by Gasteiger charge is -2.18. The summed E-state index contributed by atoms with van der Waals surface area (Å²) in [5, 5.41) is 6.27. The molecule has 1 atom stereocenters. The zero-order valence-electron chi connectivity index (χ0n) is 13.1. The van der Waals surface area contributed by atoms with Crippen LogP contribution in [0.3, 0.4) is 0 Å². The molecular formula is C16H19N3O2S2. The number of primary amides is 1. The van der Waals surface area contributed by atoms with E-state index in [1.807, 2.05) is 12.3 Å². The van der Waals surface area contributed by atoms with Crippen molar-refractivity contribution in [2.75, 3.05) is 5.32 Å². The fourth-order valence-corrected chi connectivity index (χ4v) is 4.97. The first kappa shape index (κ1) is 16.1. The average molecular weight is 349 g/mol. The minimum Gasteiger partial charge on any atom is -0.365 e. The van der Waals surface area contributed by atoms with Gasteiger partial charge in [0.15, 0.2) is 0 Å². The second kappa shape index (κ2) is 6.41. The molecule has 0 spiro atoms. The smallest absolute Gasteiger partial charge is 0.251 e. The van der Waals surface area contributed by atoms with E-state index in [-0.39, 0.29) is 12.3 Å². The van der Waals surface area contributed by atoms with Crippen molar-refractivity contribution in [3.63, 3.8) is 0 Å². The summed E-state index contributed by atoms with van der Waals surface area (Å²) < 4.78 is 0. The normalized spacial score (nSPS) is 16.9. The number of aryl methyl sites for hydroxylation is 1. The molecule has 23 heavy (non-hydrogen) atoms. The van der Waals surface area contributed by atoms with Gasteiger partial charge in [-0.2, -0.15) is 0 Å². The number of hydrogen-bond acceptors (Lipinski definition) is 5. The van der Waals surface area contributed by atoms with Crippen molar-refractivity contribution in [3.8, 4) is 0 Å². The van der Waals surface area contributed by atoms with Gasteiger partial charge in [0.25, 0.3) is 5.91 Å². The number of amides is 2. The second-order valence-corrected chi connectivity index (χ2v) is 8.17. The van der Waals surface area contributed by atoms with Crippen LogP contribution in [-0.4, -0.2) is 16.8 Å². The molecule has 122 valence electrons. The van der Waals surface area contributed by atoms with Crippen molar-refractivity contribution in [1.82, 2.24) is 4.98 Å². The minimum absolute atomic E-state index is 0.163. The van der Waals surface area contributed by atoms with Crippen molar-refractivity contribution >= 4 is 39.5 Å². The highest BCUT2D eigenvalue weighted by Gasteiger charge is 2.27. The molecule has 0 unspecified atom stereocenters. The molecule has 0 radical (unpaired) electrons. The number of anilines is 1. The van der Waals surface area contributed by atoms with Crippen LogP contribution in [0.25, 0.3) is 0 Å². The summed E-state index contributed by atoms with van der Waals surface area (Å²) in [6, 6.07) is 0. The third-order valence-electron chi connectivity index (χ3n) is 4.02. The first-order valence-electron chi connectivity index (χ1n) is 7.59. The van der Waals surface area contributed by atoms with Crippen LogP contribution in [0.1, 0.15) is 44.8 Å². The lowest BCUT2D eigenvalue weighted by Crippen LogP contribution is -2.20. The van der Waals surface area contributed by atoms with Crippen molar-refractivity contribution in [2.24, 2.45) is 11.7 Å². The largest absolute Gasteiger partial charge is 0.365 e. The third kappa shape index (κ3) is 3.45. The Balaban J connectivity index is 1.82. The Morgan fingerprint density at radius 1 is 1.48 bits per heavy atom. The highest BCUT2D eigenvalue weighted by Crippen LogP contribution is 2.39. The zero-order chi connectivity index (χ0) is 16.6. The number of rotatable bonds is 4. The summed E-state index contributed by atoms with van der Waals surface area (Å²) in [5.41, 5.74) is 7.83. The van der Waals surface area contributed by atoms with Crippen LogP contribution in [0, 0.1) is 12.8 Å². The first-order valence-corrected chi connectivity index (χ1v) is 9.29. The molecule has 0 aliphatic heterocycles. The Kier molecular flexibility index (Phi) is 4.50. The van der Waals surface area contributed by atoms with Gasteiger partial charge in [-0.3, -0.25) is 9.59 Å². The molecule has 0 fully saturated rings. The van der Waals surface area contributed by atoms with Gasteiger partial charge in [-0.25, -0.2) is 4.98 Å². The molecule has 3 N–H and O–H groups in total. The standard InChI is InChI=1S/C16H19N3O2S2/c1-8-3-4-11-12(5-8)23-16(14(11)15(17)21)19-13(20)6-10-7-22-9(2)18-10/h7-8H,3-6H2,1-2H3,(H2,17,21)(H,19,20)/t8-/m0/s1. The fraction of sp³-hybridized carbons (Fsp3) is 0.438. The molecule has 2 aromatic heterocycles. The van der Waals surface area contributed by atoms with E-state index in [2.05, 4.69) is 17.2 Å². The molecule has 2 amide bonds. The van der Waals surface area contributed by atoms with E-state index in [9.17, 15) is 9.59 Å². The number of carbonyl (C=O) groups is 2. The third-order valence-corrected chi connectivity index (χ3v) is 6.01. The van der Waals surface area contributed by atoms with Gasteiger partial charge >= 0.3 is 0 Å². The van der Waals surface area contributed by atoms with E-state index in [4.69, 9.17) is 5.73 Å². The molecule has 0 saturated carbocycles. The van der Waals surface area contributed by atoms with Crippen LogP contribution in [0.2, 0.25) is 0 Å². The van der Waals surface area contributed by atoms with Crippen LogP contribution >= 0.6 is 22.7 Å². The number of aromatic nitrogens is 1. The van der Waals surface area contributed by atoms with Gasteiger partial charge in [0.05, 0.1) is 22.7 Å². The van der Waals surface area contributed by atoms with E-state index in [1.54, 1.807) is 0 Å². The van der Waals surface area contributed by atoms with Crippen LogP contribution in [0.4, 0.5) is 5.00 Å². The quantitative estimate of drug-likeness (QED) is 0.890. The highest BCUT2D eigenvalue weighted by atomic mass is 32.1. The van der Waals surface area contributed by atoms with Gasteiger partial charge < -0.3 is 11.1 Å². The van der Waals surface area contributed by atoms with Gasteiger partial charge in [0, 0.05) is 10.3 Å². The van der Waals surface area contributed by atoms with E-state index in [0.717, 1.165) is 35.5 Å². The molecule has 0 aromatic carbocycles. The van der Waals surface area contributed by atoms with Crippen LogP contribution in [0.15, 0.2) is 5.38 Å². The lowest BCUT2D eigenvalue weighted by molar-refractivity contribution is -0.115. The predicted octanol–water partition coefficient (Wildman–Crippen LogP) is 2.92. The predicted molar refractivity (Wildman–Crippen MR) is 93.2 cm³/mol. The maximum atomic E-state index is 12.3. The number of nitrogens with zero attached hydrogens (tertiary/aromatic N) is 1. The van der Waals surface area contributed by atoms with Crippen molar-refractivity contribution in [1.29, 1.82) is 0 Å². The van der Waals surface area contributed by atoms with E-state index in [1.165, 1.54) is 27.6 Å². The molecule has 2 heterocycles. The topological polar surface area (TPSA) is 85.1 Å². The molecule has 3 rings (SSSR count). The van der Waals surface area contributed by atoms with Gasteiger partial charge in [-0.15, -0.1) is 22.7 Å². The van der Waals surface area contributed by atoms with Crippen LogP contribution in [-0.2, 0) is 24.1 Å². The fourth-order valence-electron chi connectivity index (χ4n) is 2.92. The van der Waals surface area contributed by atoms with Gasteiger partial charge in [0.1, 0.15) is 5.00 Å². The molecular weight excluding hydrogens is 330 g/mol. The van der Waals surface area contributed by atoms with Crippen molar-refractivity contribution in [3.05, 3.63) is 32.1 Å². The Morgan fingerprint density at radius 2 is 2.26 bits per heavy atom. The summed E-state index contributed by atoms with van der Waals surface area (Å²) in [5.74, 6) is -0.0234. The van der Waals surface area contributed by atoms with Gasteiger partial charge in [0.2, 0.25) is 5.91 Å². The van der Waals surface area contributed by atoms with E-state index >= 15 is 0 Å². The first-order chi connectivity index (χ1) is 10.9. The highest BCUT2D eigenvalue weighted by molar-refractivity contribution is 7.17. The number of carbonyl (C=O) groups excluding carboxylic acids is 2. The average Bonchev–Trinajstić information content (AvgIpc) is 3.01. The lowest BCUT2D eigenvalue weighted by atomic mass is 9.88. The van der Waals surface area contributed by atoms with Crippen molar-refractivity contribution < 1.29 is 9.59 Å². The van der Waals surface area contributed by atoms with Crippen LogP contribution in [0.5, 0.6) is 0 Å². The zero-order valence-corrected chi connectivity index (χ0v) is 14.8. The Bertz CT molecular complexity index is 763. The number of thiazole rings is 1. The van der Waals surface area contributed by atoms with Gasteiger partial charge in [-0.05, 0) is 37.7 Å². The second-order valence-electron chi connectivity index (χ2n) is 6.00. The number of hydrogen-bond donors (Lipinski definition) is 2. The molecule has 5 nitrogen and oxygen atoms in total. The molecule has 1 aliphatic rings. The maximum Gasteiger partial charge on any atom is 0.251 e. The summed E-state index contributed by atoms with van der Waals surface area (Å²) in [6.45, 7) is 4.11. The van der Waals surface area contributed by atoms with E-state index < -0.39 is 5.91 Å². The summed E-state index contributed by atoms with van der Waals surface area (Å²) in [7, 11) is 0. The SMILES string of the molecule is Cc1nc(CC(=O)Nc2sc3c(c2C(N)=O)CC[C@H](C)C3)cs1. The van der Waals surface area contributed by atoms with Gasteiger partial charge in [-0.1, -0.05) is 6.92 Å². The molecule has 1 aliphatic carbocycles. The Labute approximate surface area is 142 Å². The molecule has 0 saturated heterocycles. The summed E-state index contributed by atoms with van der Waals surface area (Å²) in [6.07, 6.45) is 3.06. The number of nitrogens with two attached hydrogens (primary N) is 1. The monoisotopic (exact) mass is 349 g/mol. The summed E-state index contributed by atoms with van der Waals surface area (Å²) >= 11 is 3.01. The number of fused-ring (bicyclic) bond motifs is 1. The molecule has 2 aromatic rings. The number of nitrogens with one attached hydrogen (secondary N) is 1. The summed E-state index contributed by atoms with van der Waals surface area (Å²) in [4.78, 5) is 29.6. The Hall–Kier alpha value is -1.73.